The van der Waals surface area contributed by atoms with Crippen molar-refractivity contribution in [2.75, 3.05) is 0 Å². The molecule has 1 aromatic carbocycles. The van der Waals surface area contributed by atoms with Gasteiger partial charge in [0.2, 0.25) is 0 Å². The smallest absolute Gasteiger partial charge is 0.284 e. The number of halogens is 1. The number of hydrogen-bond donors (Lipinski definition) is 3. The molecule has 0 saturated carbocycles. The van der Waals surface area contributed by atoms with E-state index in [1.165, 1.54) is 11.5 Å². The summed E-state index contributed by atoms with van der Waals surface area (Å²) >= 11 is 6.83. The van der Waals surface area contributed by atoms with E-state index in [1.807, 2.05) is 19.1 Å². The van der Waals surface area contributed by atoms with E-state index in [0.29, 0.717) is 9.90 Å². The van der Waals surface area contributed by atoms with Crippen molar-refractivity contribution in [3.8, 4) is 0 Å². The summed E-state index contributed by atoms with van der Waals surface area (Å²) in [5, 5.41) is 12.0. The summed E-state index contributed by atoms with van der Waals surface area (Å²) in [6.45, 7) is 1.86. The van der Waals surface area contributed by atoms with Crippen LogP contribution in [0.5, 0.6) is 0 Å². The van der Waals surface area contributed by atoms with Gasteiger partial charge in [-0.2, -0.15) is 0 Å². The summed E-state index contributed by atoms with van der Waals surface area (Å²) in [5.41, 5.74) is 2.46. The second-order valence-electron chi connectivity index (χ2n) is 4.35. The first-order chi connectivity index (χ1) is 10.0. The van der Waals surface area contributed by atoms with Crippen LogP contribution in [0.25, 0.3) is 0 Å². The molecule has 1 aromatic heterocycles. The van der Waals surface area contributed by atoms with Gasteiger partial charge >= 0.3 is 0 Å². The van der Waals surface area contributed by atoms with Crippen molar-refractivity contribution < 1.29 is 14.8 Å². The average Bonchev–Trinajstić information content (AvgIpc) is 2.97. The number of nitrogens with one attached hydrogen (secondary N) is 2. The van der Waals surface area contributed by atoms with Crippen molar-refractivity contribution in [1.82, 2.24) is 10.8 Å². The molecule has 110 valence electrons. The topological polar surface area (TPSA) is 78.4 Å². The Labute approximate surface area is 130 Å². The van der Waals surface area contributed by atoms with Crippen molar-refractivity contribution >= 4 is 34.8 Å². The Balaban J connectivity index is 2.05. The molecule has 1 atom stereocenters. The molecule has 21 heavy (non-hydrogen) atoms. The maximum absolute atomic E-state index is 12.1. The third-order valence-corrected chi connectivity index (χ3v) is 4.21. The van der Waals surface area contributed by atoms with E-state index in [1.54, 1.807) is 18.2 Å². The largest absolute Gasteiger partial charge is 0.345 e. The molecule has 2 rings (SSSR count). The standard InChI is InChI=1S/C14H13ClN2O3S/c1-8(9-2-4-10(15)5-3-9)16-13(18)11-6-7-12(21-11)14(19)17-20/h2-8,20H,1H3,(H,16,18)(H,17,19)/t8-/m1/s1. The highest BCUT2D eigenvalue weighted by atomic mass is 35.5. The van der Waals surface area contributed by atoms with Crippen LogP contribution in [0.4, 0.5) is 0 Å². The zero-order valence-electron chi connectivity index (χ0n) is 11.1. The summed E-state index contributed by atoms with van der Waals surface area (Å²) in [6.07, 6.45) is 0. The second kappa shape index (κ2) is 6.71. The van der Waals surface area contributed by atoms with E-state index in [-0.39, 0.29) is 16.8 Å². The van der Waals surface area contributed by atoms with E-state index >= 15 is 0 Å². The van der Waals surface area contributed by atoms with Crippen molar-refractivity contribution in [2.24, 2.45) is 0 Å². The number of carbonyl (C=O) groups excluding carboxylic acids is 2. The van der Waals surface area contributed by atoms with E-state index in [0.717, 1.165) is 16.9 Å². The summed E-state index contributed by atoms with van der Waals surface area (Å²) < 4.78 is 0. The zero-order valence-corrected chi connectivity index (χ0v) is 12.7. The van der Waals surface area contributed by atoms with Crippen LogP contribution < -0.4 is 10.8 Å². The molecule has 0 fully saturated rings. The molecule has 3 N–H and O–H groups in total. The Kier molecular flexibility index (Phi) is 4.95. The highest BCUT2D eigenvalue weighted by Gasteiger charge is 2.15. The molecular formula is C14H13ClN2O3S. The van der Waals surface area contributed by atoms with Gasteiger partial charge in [-0.1, -0.05) is 23.7 Å². The number of amides is 2. The van der Waals surface area contributed by atoms with Gasteiger partial charge in [-0.25, -0.2) is 5.48 Å². The second-order valence-corrected chi connectivity index (χ2v) is 5.87. The minimum Gasteiger partial charge on any atom is -0.345 e. The number of benzene rings is 1. The van der Waals surface area contributed by atoms with Crippen molar-refractivity contribution in [3.63, 3.8) is 0 Å². The molecular weight excluding hydrogens is 312 g/mol. The van der Waals surface area contributed by atoms with Crippen LogP contribution in [0.15, 0.2) is 36.4 Å². The lowest BCUT2D eigenvalue weighted by atomic mass is 10.1. The van der Waals surface area contributed by atoms with Gasteiger partial charge in [-0.05, 0) is 36.8 Å². The Hall–Kier alpha value is -1.89. The quantitative estimate of drug-likeness (QED) is 0.597. The van der Waals surface area contributed by atoms with Crippen LogP contribution in [-0.2, 0) is 0 Å². The number of thiophene rings is 1. The Bertz CT molecular complexity index is 654. The highest BCUT2D eigenvalue weighted by molar-refractivity contribution is 7.15. The van der Waals surface area contributed by atoms with Crippen molar-refractivity contribution in [1.29, 1.82) is 0 Å². The number of carbonyl (C=O) groups is 2. The Morgan fingerprint density at radius 3 is 2.24 bits per heavy atom. The van der Waals surface area contributed by atoms with Gasteiger partial charge in [0.15, 0.2) is 0 Å². The minimum absolute atomic E-state index is 0.188. The van der Waals surface area contributed by atoms with Crippen molar-refractivity contribution in [2.45, 2.75) is 13.0 Å². The summed E-state index contributed by atoms with van der Waals surface area (Å²) in [6, 6.07) is 10.0. The van der Waals surface area contributed by atoms with E-state index in [2.05, 4.69) is 5.32 Å². The van der Waals surface area contributed by atoms with Crippen LogP contribution in [-0.4, -0.2) is 17.0 Å². The fraction of sp³-hybridized carbons (Fsp3) is 0.143. The van der Waals surface area contributed by atoms with Crippen LogP contribution >= 0.6 is 22.9 Å². The first kappa shape index (κ1) is 15.5. The Morgan fingerprint density at radius 1 is 1.10 bits per heavy atom. The highest BCUT2D eigenvalue weighted by Crippen LogP contribution is 2.19. The third kappa shape index (κ3) is 3.81. The lowest BCUT2D eigenvalue weighted by Gasteiger charge is -2.13. The van der Waals surface area contributed by atoms with E-state index in [9.17, 15) is 9.59 Å². The molecule has 1 heterocycles. The SMILES string of the molecule is C[C@@H](NC(=O)c1ccc(C(=O)NO)s1)c1ccc(Cl)cc1. The maximum Gasteiger partial charge on any atom is 0.284 e. The van der Waals surface area contributed by atoms with Crippen LogP contribution in [0.3, 0.4) is 0 Å². The van der Waals surface area contributed by atoms with Gasteiger partial charge in [0.25, 0.3) is 11.8 Å². The lowest BCUT2D eigenvalue weighted by molar-refractivity contribution is 0.0711. The molecule has 0 bridgehead atoms. The first-order valence-electron chi connectivity index (χ1n) is 6.12. The van der Waals surface area contributed by atoms with Crippen LogP contribution in [0.1, 0.15) is 37.9 Å². The molecule has 2 amide bonds. The summed E-state index contributed by atoms with van der Waals surface area (Å²) in [5.74, 6) is -0.913. The minimum atomic E-state index is -0.634. The van der Waals surface area contributed by atoms with E-state index < -0.39 is 5.91 Å². The molecule has 0 radical (unpaired) electrons. The lowest BCUT2D eigenvalue weighted by Crippen LogP contribution is -2.25. The van der Waals surface area contributed by atoms with Crippen LogP contribution in [0.2, 0.25) is 5.02 Å². The predicted molar refractivity (Wildman–Crippen MR) is 80.9 cm³/mol. The number of hydrogen-bond acceptors (Lipinski definition) is 4. The van der Waals surface area contributed by atoms with Gasteiger partial charge in [0, 0.05) is 5.02 Å². The molecule has 0 spiro atoms. The molecule has 7 heteroatoms. The molecule has 0 aliphatic carbocycles. The predicted octanol–water partition coefficient (Wildman–Crippen LogP) is 3.01. The molecule has 0 saturated heterocycles. The van der Waals surface area contributed by atoms with Gasteiger partial charge in [-0.15, -0.1) is 11.3 Å². The third-order valence-electron chi connectivity index (χ3n) is 2.87. The summed E-state index contributed by atoms with van der Waals surface area (Å²) in [4.78, 5) is 24.0. The molecule has 0 aliphatic heterocycles. The molecule has 2 aromatic rings. The monoisotopic (exact) mass is 324 g/mol. The van der Waals surface area contributed by atoms with Crippen LogP contribution in [0, 0.1) is 0 Å². The normalized spacial score (nSPS) is 11.8. The van der Waals surface area contributed by atoms with Crippen molar-refractivity contribution in [3.05, 3.63) is 56.7 Å². The average molecular weight is 325 g/mol. The molecule has 0 aliphatic rings. The number of rotatable bonds is 4. The van der Waals surface area contributed by atoms with Gasteiger partial charge in [-0.3, -0.25) is 14.8 Å². The van der Waals surface area contributed by atoms with E-state index in [4.69, 9.17) is 16.8 Å². The molecule has 5 nitrogen and oxygen atoms in total. The number of hydroxylamine groups is 1. The fourth-order valence-corrected chi connectivity index (χ4v) is 2.66. The maximum atomic E-state index is 12.1. The van der Waals surface area contributed by atoms with Gasteiger partial charge in [0.1, 0.15) is 0 Å². The fourth-order valence-electron chi connectivity index (χ4n) is 1.74. The van der Waals surface area contributed by atoms with Gasteiger partial charge in [0.05, 0.1) is 15.8 Å². The zero-order chi connectivity index (χ0) is 15.4. The Morgan fingerprint density at radius 2 is 1.67 bits per heavy atom. The molecule has 0 unspecified atom stereocenters. The first-order valence-corrected chi connectivity index (χ1v) is 7.31. The summed E-state index contributed by atoms with van der Waals surface area (Å²) in [7, 11) is 0. The van der Waals surface area contributed by atoms with Gasteiger partial charge < -0.3 is 5.32 Å².